The number of aliphatic hydroxyl groups excluding tert-OH is 1. The van der Waals surface area contributed by atoms with Crippen LogP contribution in [0.25, 0.3) is 0 Å². The van der Waals surface area contributed by atoms with E-state index in [9.17, 15) is 5.11 Å². The molecule has 0 amide bonds. The van der Waals surface area contributed by atoms with Crippen molar-refractivity contribution in [2.75, 3.05) is 33.3 Å². The summed E-state index contributed by atoms with van der Waals surface area (Å²) in [6.45, 7) is 6.04. The molecule has 0 spiro atoms. The van der Waals surface area contributed by atoms with Gasteiger partial charge in [0.15, 0.2) is 0 Å². The van der Waals surface area contributed by atoms with Crippen molar-refractivity contribution >= 4 is 0 Å². The molecule has 0 aromatic rings. The Morgan fingerprint density at radius 3 is 2.80 bits per heavy atom. The number of likely N-dealkylation sites (tertiary alicyclic amines) is 1. The van der Waals surface area contributed by atoms with Crippen molar-refractivity contribution in [1.29, 1.82) is 0 Å². The summed E-state index contributed by atoms with van der Waals surface area (Å²) in [7, 11) is 2.21. The molecule has 0 aromatic heterocycles. The normalized spacial score (nSPS) is 42.6. The van der Waals surface area contributed by atoms with Crippen molar-refractivity contribution in [1.82, 2.24) is 10.2 Å². The summed E-state index contributed by atoms with van der Waals surface area (Å²) in [5.41, 5.74) is -0.00479. The summed E-state index contributed by atoms with van der Waals surface area (Å²) in [6, 6.07) is 0. The minimum atomic E-state index is -0.00479. The van der Waals surface area contributed by atoms with Gasteiger partial charge in [-0.15, -0.1) is 0 Å². The summed E-state index contributed by atoms with van der Waals surface area (Å²) >= 11 is 0. The first-order valence-corrected chi connectivity index (χ1v) is 6.16. The number of hydrogen-bond donors (Lipinski definition) is 2. The lowest BCUT2D eigenvalue weighted by Crippen LogP contribution is -2.39. The van der Waals surface area contributed by atoms with E-state index in [0.717, 1.165) is 24.8 Å². The van der Waals surface area contributed by atoms with E-state index in [4.69, 9.17) is 0 Å². The van der Waals surface area contributed by atoms with Crippen LogP contribution in [0.5, 0.6) is 0 Å². The van der Waals surface area contributed by atoms with Crippen LogP contribution in [0.4, 0.5) is 0 Å². The quantitative estimate of drug-likeness (QED) is 0.722. The predicted octanol–water partition coefficient (Wildman–Crippen LogP) is 0.689. The van der Waals surface area contributed by atoms with Crippen molar-refractivity contribution in [3.63, 3.8) is 0 Å². The van der Waals surface area contributed by atoms with Crippen LogP contribution in [0, 0.1) is 11.8 Å². The van der Waals surface area contributed by atoms with Gasteiger partial charge in [-0.1, -0.05) is 0 Å². The zero-order valence-corrected chi connectivity index (χ0v) is 10.00. The summed E-state index contributed by atoms with van der Waals surface area (Å²) < 4.78 is 0. The molecule has 2 aliphatic heterocycles. The predicted molar refractivity (Wildman–Crippen MR) is 61.8 cm³/mol. The maximum atomic E-state index is 9.28. The van der Waals surface area contributed by atoms with E-state index < -0.39 is 0 Å². The van der Waals surface area contributed by atoms with Crippen LogP contribution in [0.1, 0.15) is 26.2 Å². The van der Waals surface area contributed by atoms with Gasteiger partial charge in [-0.25, -0.2) is 0 Å². The van der Waals surface area contributed by atoms with E-state index in [-0.39, 0.29) is 12.1 Å². The molecule has 0 aliphatic carbocycles. The molecule has 0 bridgehead atoms. The van der Waals surface area contributed by atoms with E-state index in [1.165, 1.54) is 25.9 Å². The summed E-state index contributed by atoms with van der Waals surface area (Å²) in [6.07, 6.45) is 3.85. The average molecular weight is 212 g/mol. The number of nitrogens with one attached hydrogen (secondary N) is 1. The summed E-state index contributed by atoms with van der Waals surface area (Å²) in [5.74, 6) is 1.67. The van der Waals surface area contributed by atoms with Gasteiger partial charge in [0.1, 0.15) is 0 Å². The fraction of sp³-hybridized carbons (Fsp3) is 1.00. The molecule has 3 unspecified atom stereocenters. The van der Waals surface area contributed by atoms with Crippen molar-refractivity contribution in [2.24, 2.45) is 11.8 Å². The molecule has 15 heavy (non-hydrogen) atoms. The molecule has 3 nitrogen and oxygen atoms in total. The van der Waals surface area contributed by atoms with Crippen LogP contribution in [-0.4, -0.2) is 48.8 Å². The highest BCUT2D eigenvalue weighted by molar-refractivity contribution is 4.93. The first-order chi connectivity index (χ1) is 7.11. The largest absolute Gasteiger partial charge is 0.394 e. The molecule has 2 saturated heterocycles. The van der Waals surface area contributed by atoms with Crippen molar-refractivity contribution < 1.29 is 5.11 Å². The molecule has 2 rings (SSSR count). The smallest absolute Gasteiger partial charge is 0.0610 e. The second-order valence-electron chi connectivity index (χ2n) is 5.82. The second kappa shape index (κ2) is 4.40. The third-order valence-corrected chi connectivity index (χ3v) is 4.06. The Morgan fingerprint density at radius 1 is 1.47 bits per heavy atom. The maximum absolute atomic E-state index is 9.28. The van der Waals surface area contributed by atoms with Crippen LogP contribution in [0.2, 0.25) is 0 Å². The molecule has 3 heteroatoms. The number of hydrogen-bond acceptors (Lipinski definition) is 3. The van der Waals surface area contributed by atoms with Crippen molar-refractivity contribution in [3.8, 4) is 0 Å². The molecule has 0 aromatic carbocycles. The minimum absolute atomic E-state index is 0.00479. The maximum Gasteiger partial charge on any atom is 0.0610 e. The molecule has 0 saturated carbocycles. The third kappa shape index (κ3) is 2.71. The van der Waals surface area contributed by atoms with Crippen LogP contribution < -0.4 is 5.32 Å². The lowest BCUT2D eigenvalue weighted by molar-refractivity contribution is 0.187. The molecule has 0 radical (unpaired) electrons. The highest BCUT2D eigenvalue weighted by Gasteiger charge is 2.35. The van der Waals surface area contributed by atoms with Gasteiger partial charge in [-0.2, -0.15) is 0 Å². The zero-order chi connectivity index (χ0) is 10.9. The first kappa shape index (κ1) is 11.4. The SMILES string of the molecule is CN1CCC(CC2CNC(C)(CO)C2)C1. The topological polar surface area (TPSA) is 35.5 Å². The van der Waals surface area contributed by atoms with Gasteiger partial charge in [0.25, 0.3) is 0 Å². The van der Waals surface area contributed by atoms with Crippen LogP contribution in [0.15, 0.2) is 0 Å². The number of rotatable bonds is 3. The Balaban J connectivity index is 1.77. The number of aliphatic hydroxyl groups is 1. The lowest BCUT2D eigenvalue weighted by atomic mass is 9.88. The van der Waals surface area contributed by atoms with Crippen LogP contribution in [-0.2, 0) is 0 Å². The Hall–Kier alpha value is -0.120. The highest BCUT2D eigenvalue weighted by atomic mass is 16.3. The van der Waals surface area contributed by atoms with E-state index >= 15 is 0 Å². The van der Waals surface area contributed by atoms with Gasteiger partial charge >= 0.3 is 0 Å². The molecular weight excluding hydrogens is 188 g/mol. The molecule has 2 fully saturated rings. The van der Waals surface area contributed by atoms with E-state index in [1.54, 1.807) is 0 Å². The lowest BCUT2D eigenvalue weighted by Gasteiger charge is -2.21. The molecular formula is C12H24N2O. The fourth-order valence-electron chi connectivity index (χ4n) is 3.15. The van der Waals surface area contributed by atoms with Gasteiger partial charge < -0.3 is 15.3 Å². The van der Waals surface area contributed by atoms with Crippen LogP contribution >= 0.6 is 0 Å². The second-order valence-corrected chi connectivity index (χ2v) is 5.82. The molecule has 2 N–H and O–H groups in total. The monoisotopic (exact) mass is 212 g/mol. The summed E-state index contributed by atoms with van der Waals surface area (Å²) in [5, 5.41) is 12.7. The van der Waals surface area contributed by atoms with E-state index in [2.05, 4.69) is 24.2 Å². The third-order valence-electron chi connectivity index (χ3n) is 4.06. The average Bonchev–Trinajstić information content (AvgIpc) is 2.76. The Morgan fingerprint density at radius 2 is 2.27 bits per heavy atom. The summed E-state index contributed by atoms with van der Waals surface area (Å²) in [4.78, 5) is 2.43. The zero-order valence-electron chi connectivity index (χ0n) is 10.00. The highest BCUT2D eigenvalue weighted by Crippen LogP contribution is 2.31. The Kier molecular flexibility index (Phi) is 3.33. The molecule has 3 atom stereocenters. The number of nitrogens with zero attached hydrogens (tertiary/aromatic N) is 1. The Labute approximate surface area is 92.8 Å². The molecule has 2 heterocycles. The van der Waals surface area contributed by atoms with Crippen molar-refractivity contribution in [2.45, 2.75) is 31.7 Å². The van der Waals surface area contributed by atoms with E-state index in [0.29, 0.717) is 0 Å². The van der Waals surface area contributed by atoms with Gasteiger partial charge in [-0.05, 0) is 58.2 Å². The molecule has 2 aliphatic rings. The van der Waals surface area contributed by atoms with E-state index in [1.807, 2.05) is 0 Å². The van der Waals surface area contributed by atoms with Gasteiger partial charge in [0.05, 0.1) is 6.61 Å². The van der Waals surface area contributed by atoms with Gasteiger partial charge in [0, 0.05) is 12.1 Å². The molecule has 88 valence electrons. The minimum Gasteiger partial charge on any atom is -0.394 e. The van der Waals surface area contributed by atoms with Gasteiger partial charge in [-0.3, -0.25) is 0 Å². The first-order valence-electron chi connectivity index (χ1n) is 6.16. The van der Waals surface area contributed by atoms with Crippen LogP contribution in [0.3, 0.4) is 0 Å². The standard InChI is InChI=1S/C12H24N2O/c1-12(9-15)6-11(7-13-12)5-10-3-4-14(2)8-10/h10-11,13,15H,3-9H2,1-2H3. The Bertz CT molecular complexity index is 222. The van der Waals surface area contributed by atoms with Gasteiger partial charge in [0.2, 0.25) is 0 Å². The van der Waals surface area contributed by atoms with Crippen molar-refractivity contribution in [3.05, 3.63) is 0 Å². The fourth-order valence-corrected chi connectivity index (χ4v) is 3.15.